The van der Waals surface area contributed by atoms with Gasteiger partial charge < -0.3 is 19.4 Å². The molecular formula is C20H27NO6. The largest absolute Gasteiger partial charge is 0.508 e. The van der Waals surface area contributed by atoms with Crippen LogP contribution in [0.2, 0.25) is 0 Å². The molecule has 0 aliphatic carbocycles. The molecule has 0 saturated heterocycles. The molecule has 1 aliphatic rings. The van der Waals surface area contributed by atoms with Crippen LogP contribution in [0.25, 0.3) is 0 Å². The van der Waals surface area contributed by atoms with E-state index in [1.54, 1.807) is 32.9 Å². The lowest BCUT2D eigenvalue weighted by atomic mass is 9.91. The Balaban J connectivity index is 2.19. The zero-order valence-corrected chi connectivity index (χ0v) is 16.3. The minimum Gasteiger partial charge on any atom is -0.508 e. The Bertz CT molecular complexity index is 721. The summed E-state index contributed by atoms with van der Waals surface area (Å²) in [6, 6.07) is 6.47. The number of rotatable bonds is 7. The Morgan fingerprint density at radius 3 is 2.70 bits per heavy atom. The molecule has 2 rings (SSSR count). The quantitative estimate of drug-likeness (QED) is 0.578. The number of aromatic hydroxyl groups is 1. The molecule has 1 aromatic carbocycles. The summed E-state index contributed by atoms with van der Waals surface area (Å²) in [5.74, 6) is -1.13. The van der Waals surface area contributed by atoms with Crippen LogP contribution in [-0.4, -0.2) is 40.6 Å². The van der Waals surface area contributed by atoms with E-state index in [0.29, 0.717) is 17.7 Å². The molecular weight excluding hydrogens is 350 g/mol. The normalized spacial score (nSPS) is 19.2. The maximum Gasteiger partial charge on any atom is 0.354 e. The summed E-state index contributed by atoms with van der Waals surface area (Å²) in [6.45, 7) is 7.49. The van der Waals surface area contributed by atoms with E-state index in [9.17, 15) is 14.7 Å². The van der Waals surface area contributed by atoms with Crippen LogP contribution >= 0.6 is 0 Å². The van der Waals surface area contributed by atoms with Crippen molar-refractivity contribution >= 4 is 17.7 Å². The average Bonchev–Trinajstić information content (AvgIpc) is 2.98. The van der Waals surface area contributed by atoms with Crippen LogP contribution in [0.3, 0.4) is 0 Å². The van der Waals surface area contributed by atoms with Crippen molar-refractivity contribution in [2.45, 2.75) is 64.6 Å². The summed E-state index contributed by atoms with van der Waals surface area (Å²) in [7, 11) is 0. The number of hydrogen-bond acceptors (Lipinski definition) is 7. The summed E-state index contributed by atoms with van der Waals surface area (Å²) in [5.41, 5.74) is -1.17. The van der Waals surface area contributed by atoms with Crippen molar-refractivity contribution < 1.29 is 29.0 Å². The van der Waals surface area contributed by atoms with Gasteiger partial charge in [0.15, 0.2) is 0 Å². The summed E-state index contributed by atoms with van der Waals surface area (Å²) in [5, 5.41) is 13.7. The van der Waals surface area contributed by atoms with E-state index in [1.165, 1.54) is 12.1 Å². The van der Waals surface area contributed by atoms with E-state index in [1.807, 2.05) is 6.92 Å². The lowest BCUT2D eigenvalue weighted by molar-refractivity contribution is -0.180. The van der Waals surface area contributed by atoms with Gasteiger partial charge in [0.05, 0.1) is 18.7 Å². The van der Waals surface area contributed by atoms with Crippen molar-refractivity contribution in [3.63, 3.8) is 0 Å². The number of phenolic OH excluding ortho intramolecular Hbond substituents is 1. The number of carbonyl (C=O) groups excluding carboxylic acids is 2. The van der Waals surface area contributed by atoms with Gasteiger partial charge in [0.2, 0.25) is 5.60 Å². The van der Waals surface area contributed by atoms with Crippen LogP contribution in [0.15, 0.2) is 29.4 Å². The highest BCUT2D eigenvalue weighted by molar-refractivity contribution is 6.05. The number of oxime groups is 1. The number of benzene rings is 1. The van der Waals surface area contributed by atoms with Gasteiger partial charge in [-0.3, -0.25) is 4.79 Å². The highest BCUT2D eigenvalue weighted by Crippen LogP contribution is 2.33. The van der Waals surface area contributed by atoms with Crippen LogP contribution in [0.1, 0.15) is 58.9 Å². The Morgan fingerprint density at radius 2 is 2.07 bits per heavy atom. The highest BCUT2D eigenvalue weighted by atomic mass is 16.7. The number of phenols is 1. The van der Waals surface area contributed by atoms with E-state index < -0.39 is 23.1 Å². The number of hydrogen-bond donors (Lipinski definition) is 1. The second kappa shape index (κ2) is 8.41. The van der Waals surface area contributed by atoms with Crippen molar-refractivity contribution in [3.8, 4) is 5.75 Å². The summed E-state index contributed by atoms with van der Waals surface area (Å²) in [4.78, 5) is 30.5. The van der Waals surface area contributed by atoms with E-state index in [0.717, 1.165) is 6.42 Å². The first-order valence-corrected chi connectivity index (χ1v) is 9.09. The molecule has 1 aromatic rings. The van der Waals surface area contributed by atoms with Gasteiger partial charge in [-0.2, -0.15) is 0 Å². The molecule has 7 heteroatoms. The fourth-order valence-electron chi connectivity index (χ4n) is 2.65. The zero-order valence-electron chi connectivity index (χ0n) is 16.3. The molecule has 0 spiro atoms. The monoisotopic (exact) mass is 377 g/mol. The third-order valence-corrected chi connectivity index (χ3v) is 3.92. The number of nitrogens with zero attached hydrogens (tertiary/aromatic N) is 1. The van der Waals surface area contributed by atoms with Gasteiger partial charge in [-0.25, -0.2) is 4.79 Å². The van der Waals surface area contributed by atoms with Gasteiger partial charge in [-0.15, -0.1) is 0 Å². The average molecular weight is 377 g/mol. The molecule has 0 aromatic heterocycles. The molecule has 7 nitrogen and oxygen atoms in total. The van der Waals surface area contributed by atoms with E-state index in [2.05, 4.69) is 5.16 Å². The van der Waals surface area contributed by atoms with Gasteiger partial charge >= 0.3 is 11.9 Å². The minimum atomic E-state index is -1.56. The van der Waals surface area contributed by atoms with Crippen LogP contribution in [0, 0.1) is 0 Å². The van der Waals surface area contributed by atoms with Crippen molar-refractivity contribution in [3.05, 3.63) is 29.8 Å². The molecule has 27 heavy (non-hydrogen) atoms. The predicted molar refractivity (Wildman–Crippen MR) is 99.4 cm³/mol. The number of esters is 2. The second-order valence-corrected chi connectivity index (χ2v) is 7.60. The van der Waals surface area contributed by atoms with Crippen LogP contribution in [-0.2, 0) is 23.9 Å². The molecule has 0 radical (unpaired) electrons. The fourth-order valence-corrected chi connectivity index (χ4v) is 2.65. The van der Waals surface area contributed by atoms with Crippen molar-refractivity contribution in [1.82, 2.24) is 0 Å². The fraction of sp³-hybridized carbons (Fsp3) is 0.550. The van der Waals surface area contributed by atoms with Gasteiger partial charge in [-0.05, 0) is 39.3 Å². The van der Waals surface area contributed by atoms with Gasteiger partial charge in [0.25, 0.3) is 0 Å². The first-order valence-electron chi connectivity index (χ1n) is 9.09. The molecule has 0 amide bonds. The molecule has 0 bridgehead atoms. The van der Waals surface area contributed by atoms with Crippen LogP contribution < -0.4 is 0 Å². The standard InChI is InChI=1S/C20H27NO6/c1-5-6-10-25-18(24)20(13-17(23)26-19(2,3)4)12-16(21-27-20)14-8-7-9-15(22)11-14/h7-9,11,22H,5-6,10,12-13H2,1-4H3. The summed E-state index contributed by atoms with van der Waals surface area (Å²) >= 11 is 0. The maximum atomic E-state index is 12.7. The third kappa shape index (κ3) is 5.70. The number of ether oxygens (including phenoxy) is 2. The Morgan fingerprint density at radius 1 is 1.33 bits per heavy atom. The minimum absolute atomic E-state index is 0.0562. The van der Waals surface area contributed by atoms with Crippen LogP contribution in [0.5, 0.6) is 5.75 Å². The Labute approximate surface area is 159 Å². The van der Waals surface area contributed by atoms with Crippen molar-refractivity contribution in [1.29, 1.82) is 0 Å². The predicted octanol–water partition coefficient (Wildman–Crippen LogP) is 3.33. The SMILES string of the molecule is CCCCOC(=O)C1(CC(=O)OC(C)(C)C)CC(c2cccc(O)c2)=NO1. The Hall–Kier alpha value is -2.57. The first kappa shape index (κ1) is 20.7. The molecule has 1 N–H and O–H groups in total. The second-order valence-electron chi connectivity index (χ2n) is 7.60. The highest BCUT2D eigenvalue weighted by Gasteiger charge is 2.51. The molecule has 1 aliphatic heterocycles. The maximum absolute atomic E-state index is 12.7. The van der Waals surface area contributed by atoms with E-state index in [-0.39, 0.29) is 25.2 Å². The third-order valence-electron chi connectivity index (χ3n) is 3.92. The topological polar surface area (TPSA) is 94.4 Å². The van der Waals surface area contributed by atoms with Crippen molar-refractivity contribution in [2.75, 3.05) is 6.61 Å². The first-order chi connectivity index (χ1) is 12.6. The number of carbonyl (C=O) groups is 2. The molecule has 0 saturated carbocycles. The lowest BCUT2D eigenvalue weighted by Gasteiger charge is -2.26. The zero-order chi connectivity index (χ0) is 20.1. The summed E-state index contributed by atoms with van der Waals surface area (Å²) < 4.78 is 10.7. The van der Waals surface area contributed by atoms with Gasteiger partial charge in [0.1, 0.15) is 11.4 Å². The lowest BCUT2D eigenvalue weighted by Crippen LogP contribution is -2.44. The molecule has 148 valence electrons. The molecule has 0 fully saturated rings. The van der Waals surface area contributed by atoms with Crippen molar-refractivity contribution in [2.24, 2.45) is 5.16 Å². The van der Waals surface area contributed by atoms with E-state index >= 15 is 0 Å². The molecule has 1 unspecified atom stereocenters. The number of unbranched alkanes of at least 4 members (excludes halogenated alkanes) is 1. The molecule has 1 heterocycles. The van der Waals surface area contributed by atoms with Crippen LogP contribution in [0.4, 0.5) is 0 Å². The van der Waals surface area contributed by atoms with E-state index in [4.69, 9.17) is 14.3 Å². The summed E-state index contributed by atoms with van der Waals surface area (Å²) in [6.07, 6.45) is 1.34. The Kier molecular flexibility index (Phi) is 6.46. The smallest absolute Gasteiger partial charge is 0.354 e. The van der Waals surface area contributed by atoms with Gasteiger partial charge in [0, 0.05) is 12.0 Å². The molecule has 1 atom stereocenters. The van der Waals surface area contributed by atoms with Gasteiger partial charge in [-0.1, -0.05) is 30.6 Å².